The molecule has 0 saturated carbocycles. The Balaban J connectivity index is 0.995. The number of benzene rings is 3. The van der Waals surface area contributed by atoms with Crippen molar-refractivity contribution >= 4 is 0 Å². The molecule has 0 aliphatic rings. The molecule has 0 spiro atoms. The Morgan fingerprint density at radius 3 is 1.67 bits per heavy atom. The van der Waals surface area contributed by atoms with Gasteiger partial charge in [-0.05, 0) is 60.1 Å². The van der Waals surface area contributed by atoms with Crippen LogP contribution in [0.25, 0.3) is 11.1 Å². The van der Waals surface area contributed by atoms with Crippen molar-refractivity contribution in [3.05, 3.63) is 121 Å². The number of rotatable bonds is 15. The molecule has 4 rings (SSSR count). The maximum atomic E-state index is 5.95. The highest BCUT2D eigenvalue weighted by molar-refractivity contribution is 5.61. The molecule has 3 aromatic carbocycles. The third-order valence-electron chi connectivity index (χ3n) is 6.80. The first-order chi connectivity index (χ1) is 17.9. The fourth-order valence-electron chi connectivity index (χ4n) is 4.59. The van der Waals surface area contributed by atoms with Crippen LogP contribution < -0.4 is 9.30 Å². The fraction of sp³-hybridized carbons (Fsp3) is 0.324. The normalized spacial score (nSPS) is 10.9. The van der Waals surface area contributed by atoms with Gasteiger partial charge in [0.05, 0.1) is 6.61 Å². The van der Waals surface area contributed by atoms with E-state index in [9.17, 15) is 0 Å². The van der Waals surface area contributed by atoms with Gasteiger partial charge < -0.3 is 4.74 Å². The van der Waals surface area contributed by atoms with Gasteiger partial charge in [0.1, 0.15) is 12.3 Å². The van der Waals surface area contributed by atoms with E-state index in [1.165, 1.54) is 60.8 Å². The predicted molar refractivity (Wildman–Crippen MR) is 150 cm³/mol. The highest BCUT2D eigenvalue weighted by Crippen LogP contribution is 2.17. The van der Waals surface area contributed by atoms with Crippen LogP contribution in [0.3, 0.4) is 0 Å². The van der Waals surface area contributed by atoms with Crippen LogP contribution in [0.2, 0.25) is 0 Å². The lowest BCUT2D eigenvalue weighted by molar-refractivity contribution is -0.697. The standard InChI is InChI=1S/C34H40NO/c1(2-4-12-26-35-27-24-33(25-28-35)32-16-10-7-11-17-32)3-5-13-29-36-34-22-20-31(21-23-34)19-18-30-14-8-6-9-15-30/h6-11,14-17,20-25,27-28H,1-5,12-13,18-19,26,29H2/q+1. The molecule has 2 heteroatoms. The summed E-state index contributed by atoms with van der Waals surface area (Å²) in [7, 11) is 0. The molecule has 0 radical (unpaired) electrons. The van der Waals surface area contributed by atoms with Crippen LogP contribution >= 0.6 is 0 Å². The Morgan fingerprint density at radius 1 is 0.472 bits per heavy atom. The molecule has 2 nitrogen and oxygen atoms in total. The van der Waals surface area contributed by atoms with Gasteiger partial charge in [0.15, 0.2) is 12.4 Å². The second-order valence-electron chi connectivity index (χ2n) is 9.64. The minimum absolute atomic E-state index is 0.818. The number of nitrogens with zero attached hydrogens (tertiary/aromatic N) is 1. The molecule has 0 fully saturated rings. The number of aryl methyl sites for hydroxylation is 3. The van der Waals surface area contributed by atoms with Crippen LogP contribution in [-0.2, 0) is 19.4 Å². The number of unbranched alkanes of at least 4 members (excludes halogenated alkanes) is 6. The molecule has 4 aromatic rings. The Kier molecular flexibility index (Phi) is 10.6. The van der Waals surface area contributed by atoms with Gasteiger partial charge in [0.2, 0.25) is 0 Å². The first-order valence-electron chi connectivity index (χ1n) is 13.7. The highest BCUT2D eigenvalue weighted by atomic mass is 16.5. The van der Waals surface area contributed by atoms with Crippen molar-refractivity contribution < 1.29 is 9.30 Å². The van der Waals surface area contributed by atoms with Gasteiger partial charge >= 0.3 is 0 Å². The molecule has 36 heavy (non-hydrogen) atoms. The van der Waals surface area contributed by atoms with Crippen LogP contribution in [0, 0.1) is 0 Å². The van der Waals surface area contributed by atoms with Crippen molar-refractivity contribution in [3.63, 3.8) is 0 Å². The topological polar surface area (TPSA) is 13.1 Å². The van der Waals surface area contributed by atoms with Crippen LogP contribution in [0.15, 0.2) is 109 Å². The highest BCUT2D eigenvalue weighted by Gasteiger charge is 2.03. The fourth-order valence-corrected chi connectivity index (χ4v) is 4.59. The monoisotopic (exact) mass is 478 g/mol. The summed E-state index contributed by atoms with van der Waals surface area (Å²) >= 11 is 0. The van der Waals surface area contributed by atoms with Crippen LogP contribution in [0.5, 0.6) is 5.75 Å². The van der Waals surface area contributed by atoms with Gasteiger partial charge in [0, 0.05) is 18.6 Å². The zero-order chi connectivity index (χ0) is 24.7. The van der Waals surface area contributed by atoms with Crippen molar-refractivity contribution in [1.29, 1.82) is 0 Å². The number of ether oxygens (including phenoxy) is 1. The minimum atomic E-state index is 0.818. The second-order valence-corrected chi connectivity index (χ2v) is 9.64. The van der Waals surface area contributed by atoms with E-state index < -0.39 is 0 Å². The third-order valence-corrected chi connectivity index (χ3v) is 6.80. The maximum Gasteiger partial charge on any atom is 0.169 e. The zero-order valence-corrected chi connectivity index (χ0v) is 21.5. The SMILES string of the molecule is c1ccc(CCc2ccc(OCCCCCCCCC[n+]3ccc(-c4ccccc4)cc3)cc2)cc1. The Morgan fingerprint density at radius 2 is 1.00 bits per heavy atom. The predicted octanol–water partition coefficient (Wildman–Crippen LogP) is 8.24. The van der Waals surface area contributed by atoms with Crippen molar-refractivity contribution in [2.24, 2.45) is 0 Å². The van der Waals surface area contributed by atoms with E-state index in [0.29, 0.717) is 0 Å². The van der Waals surface area contributed by atoms with Gasteiger partial charge in [-0.2, -0.15) is 0 Å². The van der Waals surface area contributed by atoms with E-state index in [0.717, 1.165) is 38.2 Å². The molecule has 0 N–H and O–H groups in total. The summed E-state index contributed by atoms with van der Waals surface area (Å²) in [6, 6.07) is 34.3. The average Bonchev–Trinajstić information content (AvgIpc) is 2.95. The summed E-state index contributed by atoms with van der Waals surface area (Å²) in [6.07, 6.45) is 15.5. The third kappa shape index (κ3) is 9.00. The molecule has 1 aromatic heterocycles. The quantitative estimate of drug-likeness (QED) is 0.124. The van der Waals surface area contributed by atoms with E-state index in [-0.39, 0.29) is 0 Å². The lowest BCUT2D eigenvalue weighted by atomic mass is 10.0. The Labute approximate surface area is 217 Å². The molecule has 0 atom stereocenters. The van der Waals surface area contributed by atoms with E-state index in [4.69, 9.17) is 4.74 Å². The largest absolute Gasteiger partial charge is 0.494 e. The molecule has 1 heterocycles. The summed E-state index contributed by atoms with van der Waals surface area (Å²) in [5.74, 6) is 0.993. The van der Waals surface area contributed by atoms with E-state index in [2.05, 4.69) is 114 Å². The van der Waals surface area contributed by atoms with E-state index >= 15 is 0 Å². The molecule has 0 unspecified atom stereocenters. The molecule has 0 saturated heterocycles. The van der Waals surface area contributed by atoms with Crippen molar-refractivity contribution in [1.82, 2.24) is 0 Å². The van der Waals surface area contributed by atoms with Gasteiger partial charge in [0.25, 0.3) is 0 Å². The van der Waals surface area contributed by atoms with Gasteiger partial charge in [-0.3, -0.25) is 0 Å². The summed E-state index contributed by atoms with van der Waals surface area (Å²) in [6.45, 7) is 1.92. The summed E-state index contributed by atoms with van der Waals surface area (Å²) in [4.78, 5) is 0. The number of pyridine rings is 1. The average molecular weight is 479 g/mol. The molecule has 0 aliphatic heterocycles. The van der Waals surface area contributed by atoms with E-state index in [1.807, 2.05) is 0 Å². The number of hydrogen-bond acceptors (Lipinski definition) is 1. The smallest absolute Gasteiger partial charge is 0.169 e. The first kappa shape index (κ1) is 25.7. The molecular weight excluding hydrogens is 438 g/mol. The Bertz CT molecular complexity index is 1110. The van der Waals surface area contributed by atoms with Crippen LogP contribution in [0.4, 0.5) is 0 Å². The van der Waals surface area contributed by atoms with Crippen LogP contribution in [-0.4, -0.2) is 6.61 Å². The molecule has 186 valence electrons. The maximum absolute atomic E-state index is 5.95. The molecular formula is C34H40NO+. The van der Waals surface area contributed by atoms with Gasteiger partial charge in [-0.15, -0.1) is 0 Å². The van der Waals surface area contributed by atoms with Crippen molar-refractivity contribution in [2.45, 2.75) is 64.3 Å². The zero-order valence-electron chi connectivity index (χ0n) is 21.5. The molecule has 0 amide bonds. The Hall–Kier alpha value is -3.39. The molecule has 0 bridgehead atoms. The van der Waals surface area contributed by atoms with Crippen molar-refractivity contribution in [3.8, 4) is 16.9 Å². The summed E-state index contributed by atoms with van der Waals surface area (Å²) < 4.78 is 8.26. The summed E-state index contributed by atoms with van der Waals surface area (Å²) in [5.41, 5.74) is 5.33. The van der Waals surface area contributed by atoms with Crippen LogP contribution in [0.1, 0.15) is 56.1 Å². The van der Waals surface area contributed by atoms with E-state index in [1.54, 1.807) is 0 Å². The molecule has 0 aliphatic carbocycles. The lowest BCUT2D eigenvalue weighted by Crippen LogP contribution is -2.32. The summed E-state index contributed by atoms with van der Waals surface area (Å²) in [5, 5.41) is 0. The van der Waals surface area contributed by atoms with Crippen molar-refractivity contribution in [2.75, 3.05) is 6.61 Å². The number of aromatic nitrogens is 1. The van der Waals surface area contributed by atoms with Gasteiger partial charge in [-0.25, -0.2) is 4.57 Å². The minimum Gasteiger partial charge on any atom is -0.494 e. The lowest BCUT2D eigenvalue weighted by Gasteiger charge is -2.08. The van der Waals surface area contributed by atoms with Gasteiger partial charge in [-0.1, -0.05) is 98.5 Å². The first-order valence-corrected chi connectivity index (χ1v) is 13.7. The number of hydrogen-bond donors (Lipinski definition) is 0. The second kappa shape index (κ2) is 14.9.